The molecule has 0 radical (unpaired) electrons. The Labute approximate surface area is 134 Å². The second-order valence-corrected chi connectivity index (χ2v) is 6.41. The van der Waals surface area contributed by atoms with Gasteiger partial charge in [0.2, 0.25) is 0 Å². The molecule has 0 heterocycles. The first-order valence-corrected chi connectivity index (χ1v) is 8.18. The Morgan fingerprint density at radius 3 is 2.57 bits per heavy atom. The van der Waals surface area contributed by atoms with Gasteiger partial charge in [0, 0.05) is 6.54 Å². The second-order valence-electron chi connectivity index (χ2n) is 5.62. The summed E-state index contributed by atoms with van der Waals surface area (Å²) in [6, 6.07) is 2.88. The molecule has 5 heteroatoms. The van der Waals surface area contributed by atoms with E-state index in [9.17, 15) is 9.18 Å². The number of nitrogens with one attached hydrogen (secondary N) is 1. The molecule has 0 saturated carbocycles. The first-order valence-electron chi connectivity index (χ1n) is 7.38. The van der Waals surface area contributed by atoms with Crippen molar-refractivity contribution in [2.24, 2.45) is 5.92 Å². The summed E-state index contributed by atoms with van der Waals surface area (Å²) in [4.78, 5) is 10.9. The molecule has 0 amide bonds. The fourth-order valence-electron chi connectivity index (χ4n) is 2.11. The van der Waals surface area contributed by atoms with Crippen LogP contribution in [0.4, 0.5) is 10.1 Å². The Balaban J connectivity index is 2.36. The third kappa shape index (κ3) is 6.04. The van der Waals surface area contributed by atoms with Gasteiger partial charge in [-0.3, -0.25) is 0 Å². The predicted octanol–water partition coefficient (Wildman–Crippen LogP) is 5.30. The zero-order valence-electron chi connectivity index (χ0n) is 12.6. The van der Waals surface area contributed by atoms with Crippen LogP contribution in [0.1, 0.15) is 56.3 Å². The summed E-state index contributed by atoms with van der Waals surface area (Å²) in [5.74, 6) is -0.936. The van der Waals surface area contributed by atoms with E-state index in [1.807, 2.05) is 0 Å². The molecule has 1 rings (SSSR count). The van der Waals surface area contributed by atoms with E-state index >= 15 is 0 Å². The van der Waals surface area contributed by atoms with E-state index in [-0.39, 0.29) is 10.0 Å². The molecule has 118 valence electrons. The molecule has 0 spiro atoms. The number of unbranched alkanes of at least 4 members (excludes halogenated alkanes) is 3. The highest BCUT2D eigenvalue weighted by Crippen LogP contribution is 2.27. The largest absolute Gasteiger partial charge is 0.478 e. The van der Waals surface area contributed by atoms with E-state index in [4.69, 9.17) is 5.11 Å². The van der Waals surface area contributed by atoms with Crippen molar-refractivity contribution in [2.75, 3.05) is 11.9 Å². The van der Waals surface area contributed by atoms with E-state index in [1.54, 1.807) is 0 Å². The van der Waals surface area contributed by atoms with Crippen LogP contribution in [0.3, 0.4) is 0 Å². The molecule has 0 aliphatic heterocycles. The molecule has 3 nitrogen and oxygen atoms in total. The number of benzene rings is 1. The van der Waals surface area contributed by atoms with Crippen molar-refractivity contribution >= 4 is 27.6 Å². The molecule has 0 fully saturated rings. The van der Waals surface area contributed by atoms with Crippen molar-refractivity contribution in [2.45, 2.75) is 46.0 Å². The number of hydrogen-bond acceptors (Lipinski definition) is 2. The van der Waals surface area contributed by atoms with Crippen molar-refractivity contribution in [3.8, 4) is 0 Å². The van der Waals surface area contributed by atoms with Gasteiger partial charge >= 0.3 is 5.97 Å². The van der Waals surface area contributed by atoms with Gasteiger partial charge in [-0.05, 0) is 40.4 Å². The Hall–Kier alpha value is -1.10. The molecule has 2 N–H and O–H groups in total. The van der Waals surface area contributed by atoms with Gasteiger partial charge < -0.3 is 10.4 Å². The first-order chi connectivity index (χ1) is 9.93. The average molecular weight is 360 g/mol. The van der Waals surface area contributed by atoms with Gasteiger partial charge in [0.1, 0.15) is 0 Å². The van der Waals surface area contributed by atoms with Crippen LogP contribution in [-0.4, -0.2) is 17.6 Å². The minimum atomic E-state index is -1.14. The third-order valence-corrected chi connectivity index (χ3v) is 4.11. The van der Waals surface area contributed by atoms with Gasteiger partial charge in [0.25, 0.3) is 0 Å². The summed E-state index contributed by atoms with van der Waals surface area (Å²) in [5, 5.41) is 11.9. The van der Waals surface area contributed by atoms with E-state index < -0.39 is 11.8 Å². The van der Waals surface area contributed by atoms with Gasteiger partial charge in [-0.1, -0.05) is 39.5 Å². The highest BCUT2D eigenvalue weighted by molar-refractivity contribution is 9.10. The van der Waals surface area contributed by atoms with Gasteiger partial charge in [-0.25, -0.2) is 9.18 Å². The number of aromatic carboxylic acids is 1. The SMILES string of the molecule is CC(C)CCCCCCNc1ccc(C(=O)O)c(Br)c1F. The zero-order valence-corrected chi connectivity index (χ0v) is 14.2. The van der Waals surface area contributed by atoms with Crippen molar-refractivity contribution < 1.29 is 14.3 Å². The normalized spacial score (nSPS) is 10.9. The predicted molar refractivity (Wildman–Crippen MR) is 87.5 cm³/mol. The molecule has 21 heavy (non-hydrogen) atoms. The molecular weight excluding hydrogens is 337 g/mol. The van der Waals surface area contributed by atoms with Crippen molar-refractivity contribution in [3.63, 3.8) is 0 Å². The van der Waals surface area contributed by atoms with Gasteiger partial charge in [0.15, 0.2) is 5.82 Å². The molecule has 0 saturated heterocycles. The molecule has 0 aromatic heterocycles. The van der Waals surface area contributed by atoms with Crippen LogP contribution in [0, 0.1) is 11.7 Å². The van der Waals surface area contributed by atoms with E-state index in [0.29, 0.717) is 12.2 Å². The quantitative estimate of drug-likeness (QED) is 0.587. The summed E-state index contributed by atoms with van der Waals surface area (Å²) >= 11 is 2.99. The monoisotopic (exact) mass is 359 g/mol. The summed E-state index contributed by atoms with van der Waals surface area (Å²) < 4.78 is 14.0. The third-order valence-electron chi connectivity index (χ3n) is 3.34. The molecule has 0 aliphatic rings. The van der Waals surface area contributed by atoms with Crippen LogP contribution in [0.25, 0.3) is 0 Å². The summed E-state index contributed by atoms with van der Waals surface area (Å²) in [7, 11) is 0. The maximum absolute atomic E-state index is 14.0. The molecule has 1 aromatic rings. The number of carboxylic acids is 1. The van der Waals surface area contributed by atoms with Crippen molar-refractivity contribution in [1.29, 1.82) is 0 Å². The number of anilines is 1. The molecule has 0 aliphatic carbocycles. The van der Waals surface area contributed by atoms with Crippen molar-refractivity contribution in [3.05, 3.63) is 28.0 Å². The standard InChI is InChI=1S/C16H23BrFNO2/c1-11(2)7-5-3-4-6-10-19-13-9-8-12(16(20)21)14(17)15(13)18/h8-9,11,19H,3-7,10H2,1-2H3,(H,20,21). The minimum absolute atomic E-state index is 0.00284. The van der Waals surface area contributed by atoms with Crippen LogP contribution < -0.4 is 5.32 Å². The van der Waals surface area contributed by atoms with E-state index in [0.717, 1.165) is 18.8 Å². The maximum Gasteiger partial charge on any atom is 0.336 e. The summed E-state index contributed by atoms with van der Waals surface area (Å²) in [6.45, 7) is 5.14. The molecular formula is C16H23BrFNO2. The fourth-order valence-corrected chi connectivity index (χ4v) is 2.62. The average Bonchev–Trinajstić information content (AvgIpc) is 2.41. The number of rotatable bonds is 9. The highest BCUT2D eigenvalue weighted by atomic mass is 79.9. The van der Waals surface area contributed by atoms with Crippen LogP contribution >= 0.6 is 15.9 Å². The van der Waals surface area contributed by atoms with Gasteiger partial charge in [-0.2, -0.15) is 0 Å². The number of hydrogen-bond donors (Lipinski definition) is 2. The number of carbonyl (C=O) groups is 1. The Morgan fingerprint density at radius 2 is 1.95 bits per heavy atom. The van der Waals surface area contributed by atoms with Crippen molar-refractivity contribution in [1.82, 2.24) is 0 Å². The Morgan fingerprint density at radius 1 is 1.29 bits per heavy atom. The lowest BCUT2D eigenvalue weighted by molar-refractivity contribution is 0.0695. The lowest BCUT2D eigenvalue weighted by atomic mass is 10.0. The van der Waals surface area contributed by atoms with E-state index in [1.165, 1.54) is 31.4 Å². The smallest absolute Gasteiger partial charge is 0.336 e. The van der Waals surface area contributed by atoms with Crippen LogP contribution in [0.15, 0.2) is 16.6 Å². The van der Waals surface area contributed by atoms with Gasteiger partial charge in [-0.15, -0.1) is 0 Å². The summed E-state index contributed by atoms with van der Waals surface area (Å²) in [6.07, 6.45) is 5.80. The highest BCUT2D eigenvalue weighted by Gasteiger charge is 2.15. The maximum atomic E-state index is 14.0. The number of carboxylic acid groups (broad SMARTS) is 1. The zero-order chi connectivity index (χ0) is 15.8. The Bertz CT molecular complexity index is 478. The number of halogens is 2. The molecule has 0 bridgehead atoms. The Kier molecular flexibility index (Phi) is 7.72. The van der Waals surface area contributed by atoms with Gasteiger partial charge in [0.05, 0.1) is 15.7 Å². The van der Waals surface area contributed by atoms with Crippen LogP contribution in [-0.2, 0) is 0 Å². The fraction of sp³-hybridized carbons (Fsp3) is 0.562. The lowest BCUT2D eigenvalue weighted by Gasteiger charge is -2.10. The van der Waals surface area contributed by atoms with Crippen LogP contribution in [0.5, 0.6) is 0 Å². The van der Waals surface area contributed by atoms with Crippen LogP contribution in [0.2, 0.25) is 0 Å². The molecule has 0 unspecified atom stereocenters. The van der Waals surface area contributed by atoms with E-state index in [2.05, 4.69) is 35.1 Å². The first kappa shape index (κ1) is 18.0. The topological polar surface area (TPSA) is 49.3 Å². The summed E-state index contributed by atoms with van der Waals surface area (Å²) in [5.41, 5.74) is 0.279. The molecule has 1 aromatic carbocycles. The minimum Gasteiger partial charge on any atom is -0.478 e. The molecule has 0 atom stereocenters. The lowest BCUT2D eigenvalue weighted by Crippen LogP contribution is -2.06. The second kappa shape index (κ2) is 9.03.